The number of nitrogens with zero attached hydrogens (tertiary/aromatic N) is 2. The van der Waals surface area contributed by atoms with E-state index in [1.165, 1.54) is 6.20 Å². The second-order valence-electron chi connectivity index (χ2n) is 2.44. The summed E-state index contributed by atoms with van der Waals surface area (Å²) in [5.41, 5.74) is 1.29. The van der Waals surface area contributed by atoms with E-state index in [4.69, 9.17) is 23.2 Å². The average molecular weight is 202 g/mol. The lowest BCUT2D eigenvalue weighted by molar-refractivity contribution is 1.16. The Kier molecular flexibility index (Phi) is 1.70. The molecule has 0 aromatic carbocycles. The van der Waals surface area contributed by atoms with Gasteiger partial charge in [0.05, 0.1) is 10.0 Å². The molecule has 0 saturated heterocycles. The Morgan fingerprint density at radius 2 is 2.17 bits per heavy atom. The molecule has 0 saturated carbocycles. The van der Waals surface area contributed by atoms with E-state index in [0.29, 0.717) is 21.2 Å². The summed E-state index contributed by atoms with van der Waals surface area (Å²) in [6.45, 7) is 1.84. The van der Waals surface area contributed by atoms with Gasteiger partial charge in [-0.3, -0.25) is 0 Å². The number of halogens is 2. The molecule has 0 bridgehead atoms. The molecule has 0 spiro atoms. The highest BCUT2D eigenvalue weighted by atomic mass is 35.5. The maximum Gasteiger partial charge on any atom is 0.179 e. The number of nitrogens with one attached hydrogen (secondary N) is 1. The average Bonchev–Trinajstić information content (AvgIpc) is 2.39. The van der Waals surface area contributed by atoms with Crippen LogP contribution < -0.4 is 0 Å². The number of H-pyrrole nitrogens is 1. The number of aryl methyl sites for hydroxylation is 1. The molecule has 2 aromatic rings. The minimum absolute atomic E-state index is 0.438. The van der Waals surface area contributed by atoms with Gasteiger partial charge < -0.3 is 4.98 Å². The summed E-state index contributed by atoms with van der Waals surface area (Å²) in [7, 11) is 0. The van der Waals surface area contributed by atoms with E-state index in [1.54, 1.807) is 0 Å². The lowest BCUT2D eigenvalue weighted by Gasteiger charge is -1.93. The summed E-state index contributed by atoms with van der Waals surface area (Å²) in [5, 5.41) is 0.912. The Hall–Kier alpha value is -0.800. The molecular weight excluding hydrogens is 197 g/mol. The van der Waals surface area contributed by atoms with Crippen molar-refractivity contribution in [2.24, 2.45) is 0 Å². The highest BCUT2D eigenvalue weighted by Gasteiger charge is 2.07. The smallest absolute Gasteiger partial charge is 0.179 e. The zero-order valence-corrected chi connectivity index (χ0v) is 7.74. The molecule has 0 radical (unpaired) electrons. The van der Waals surface area contributed by atoms with E-state index in [-0.39, 0.29) is 0 Å². The number of imidazole rings is 1. The fourth-order valence-electron chi connectivity index (χ4n) is 1.02. The molecule has 0 fully saturated rings. The van der Waals surface area contributed by atoms with Crippen molar-refractivity contribution < 1.29 is 0 Å². The SMILES string of the molecule is Cc1nc2ncc(Cl)c(Cl)c2[nH]1. The van der Waals surface area contributed by atoms with Crippen molar-refractivity contribution in [1.29, 1.82) is 0 Å². The van der Waals surface area contributed by atoms with Gasteiger partial charge >= 0.3 is 0 Å². The van der Waals surface area contributed by atoms with E-state index in [1.807, 2.05) is 6.92 Å². The van der Waals surface area contributed by atoms with Gasteiger partial charge in [-0.15, -0.1) is 0 Å². The van der Waals surface area contributed by atoms with E-state index >= 15 is 0 Å². The van der Waals surface area contributed by atoms with Gasteiger partial charge in [-0.1, -0.05) is 23.2 Å². The number of pyridine rings is 1. The number of hydrogen-bond donors (Lipinski definition) is 1. The van der Waals surface area contributed by atoms with Crippen LogP contribution in [0.4, 0.5) is 0 Å². The molecule has 0 atom stereocenters. The van der Waals surface area contributed by atoms with Crippen LogP contribution in [0.25, 0.3) is 11.2 Å². The first kappa shape index (κ1) is 7.83. The first-order valence-electron chi connectivity index (χ1n) is 3.35. The second kappa shape index (κ2) is 2.61. The van der Waals surface area contributed by atoms with E-state index < -0.39 is 0 Å². The quantitative estimate of drug-likeness (QED) is 0.713. The molecule has 0 aliphatic heterocycles. The Morgan fingerprint density at radius 3 is 2.92 bits per heavy atom. The highest BCUT2D eigenvalue weighted by Crippen LogP contribution is 2.27. The molecule has 0 aliphatic rings. The third kappa shape index (κ3) is 1.06. The zero-order valence-electron chi connectivity index (χ0n) is 6.23. The van der Waals surface area contributed by atoms with Gasteiger partial charge in [0, 0.05) is 6.20 Å². The molecule has 5 heteroatoms. The summed E-state index contributed by atoms with van der Waals surface area (Å²) in [5.74, 6) is 0.779. The number of hydrogen-bond acceptors (Lipinski definition) is 2. The van der Waals surface area contributed by atoms with E-state index in [0.717, 1.165) is 5.82 Å². The number of aromatic amines is 1. The normalized spacial score (nSPS) is 10.9. The van der Waals surface area contributed by atoms with Crippen LogP contribution in [-0.2, 0) is 0 Å². The standard InChI is InChI=1S/C7H5Cl2N3/c1-3-11-6-5(9)4(8)2-10-7(6)12-3/h2H,1H3,(H,10,11,12). The van der Waals surface area contributed by atoms with Crippen molar-refractivity contribution in [3.8, 4) is 0 Å². The van der Waals surface area contributed by atoms with Gasteiger partial charge in [0.25, 0.3) is 0 Å². The molecule has 12 heavy (non-hydrogen) atoms. The zero-order chi connectivity index (χ0) is 8.72. The largest absolute Gasteiger partial charge is 0.340 e. The van der Waals surface area contributed by atoms with Crippen LogP contribution >= 0.6 is 23.2 Å². The van der Waals surface area contributed by atoms with Gasteiger partial charge in [0.15, 0.2) is 5.65 Å². The minimum atomic E-state index is 0.438. The predicted molar refractivity (Wildman–Crippen MR) is 48.6 cm³/mol. The van der Waals surface area contributed by atoms with Crippen molar-refractivity contribution in [3.63, 3.8) is 0 Å². The van der Waals surface area contributed by atoms with E-state index in [2.05, 4.69) is 15.0 Å². The Labute approximate surface area is 78.7 Å². The molecule has 0 amide bonds. The van der Waals surface area contributed by atoms with Crippen LogP contribution in [0.2, 0.25) is 10.0 Å². The van der Waals surface area contributed by atoms with Gasteiger partial charge in [-0.25, -0.2) is 9.97 Å². The molecule has 62 valence electrons. The molecule has 3 nitrogen and oxygen atoms in total. The second-order valence-corrected chi connectivity index (χ2v) is 3.23. The summed E-state index contributed by atoms with van der Waals surface area (Å²) in [6.07, 6.45) is 1.49. The summed E-state index contributed by atoms with van der Waals surface area (Å²) < 4.78 is 0. The predicted octanol–water partition coefficient (Wildman–Crippen LogP) is 2.57. The number of rotatable bonds is 0. The molecular formula is C7H5Cl2N3. The number of fused-ring (bicyclic) bond motifs is 1. The molecule has 2 heterocycles. The topological polar surface area (TPSA) is 41.6 Å². The lowest BCUT2D eigenvalue weighted by atomic mass is 10.4. The van der Waals surface area contributed by atoms with Crippen molar-refractivity contribution in [3.05, 3.63) is 22.1 Å². The van der Waals surface area contributed by atoms with Crippen molar-refractivity contribution in [1.82, 2.24) is 15.0 Å². The van der Waals surface area contributed by atoms with Crippen LogP contribution in [-0.4, -0.2) is 15.0 Å². The van der Waals surface area contributed by atoms with Crippen molar-refractivity contribution in [2.45, 2.75) is 6.92 Å². The maximum atomic E-state index is 5.90. The molecule has 0 unspecified atom stereocenters. The van der Waals surface area contributed by atoms with Gasteiger partial charge in [0.1, 0.15) is 11.3 Å². The van der Waals surface area contributed by atoms with Crippen LogP contribution in [0.1, 0.15) is 5.82 Å². The van der Waals surface area contributed by atoms with Gasteiger partial charge in [-0.05, 0) is 6.92 Å². The van der Waals surface area contributed by atoms with Crippen LogP contribution in [0.15, 0.2) is 6.20 Å². The molecule has 2 rings (SSSR count). The Bertz CT molecular complexity index is 435. The third-order valence-electron chi connectivity index (χ3n) is 1.53. The number of aromatic nitrogens is 3. The summed E-state index contributed by atoms with van der Waals surface area (Å²) >= 11 is 11.7. The lowest BCUT2D eigenvalue weighted by Crippen LogP contribution is -1.78. The van der Waals surface area contributed by atoms with Crippen molar-refractivity contribution >= 4 is 34.4 Å². The first-order chi connectivity index (χ1) is 5.68. The molecule has 0 aliphatic carbocycles. The van der Waals surface area contributed by atoms with Gasteiger partial charge in [0.2, 0.25) is 0 Å². The fraction of sp³-hybridized carbons (Fsp3) is 0.143. The van der Waals surface area contributed by atoms with Crippen LogP contribution in [0.3, 0.4) is 0 Å². The van der Waals surface area contributed by atoms with E-state index in [9.17, 15) is 0 Å². The Morgan fingerprint density at radius 1 is 1.42 bits per heavy atom. The maximum absolute atomic E-state index is 5.90. The molecule has 2 aromatic heterocycles. The van der Waals surface area contributed by atoms with Crippen LogP contribution in [0.5, 0.6) is 0 Å². The minimum Gasteiger partial charge on any atom is -0.340 e. The van der Waals surface area contributed by atoms with Crippen LogP contribution in [0, 0.1) is 6.92 Å². The third-order valence-corrected chi connectivity index (χ3v) is 2.31. The highest BCUT2D eigenvalue weighted by molar-refractivity contribution is 6.44. The molecule has 1 N–H and O–H groups in total. The fourth-order valence-corrected chi connectivity index (χ4v) is 1.34. The summed E-state index contributed by atoms with van der Waals surface area (Å²) in [6, 6.07) is 0. The Balaban J connectivity index is 2.89. The van der Waals surface area contributed by atoms with Crippen molar-refractivity contribution in [2.75, 3.05) is 0 Å². The van der Waals surface area contributed by atoms with Gasteiger partial charge in [-0.2, -0.15) is 0 Å². The monoisotopic (exact) mass is 201 g/mol. The summed E-state index contributed by atoms with van der Waals surface area (Å²) in [4.78, 5) is 11.1. The first-order valence-corrected chi connectivity index (χ1v) is 4.10.